The van der Waals surface area contributed by atoms with E-state index in [1.165, 1.54) is 0 Å². The highest BCUT2D eigenvalue weighted by Gasteiger charge is 2.25. The molecule has 1 N–H and O–H groups in total. The minimum absolute atomic E-state index is 0.537. The van der Waals surface area contributed by atoms with Gasteiger partial charge in [0, 0.05) is 22.7 Å². The quantitative estimate of drug-likeness (QED) is 0.549. The Morgan fingerprint density at radius 2 is 1.70 bits per heavy atom. The lowest BCUT2D eigenvalue weighted by Crippen LogP contribution is -2.07. The molecule has 0 atom stereocenters. The summed E-state index contributed by atoms with van der Waals surface area (Å²) in [4.78, 5) is 0. The number of methoxy groups -OCH3 is 3. The molecule has 158 valence electrons. The fourth-order valence-corrected chi connectivity index (χ4v) is 4.27. The summed E-state index contributed by atoms with van der Waals surface area (Å²) >= 11 is 12.6. The molecule has 8 heteroatoms. The molecule has 2 aromatic carbocycles. The normalized spacial score (nSPS) is 13.2. The van der Waals surface area contributed by atoms with E-state index in [4.69, 9.17) is 42.5 Å². The summed E-state index contributed by atoms with van der Waals surface area (Å²) in [6.45, 7) is 0.874. The number of ether oxygens (including phenoxy) is 3. The Morgan fingerprint density at radius 1 is 0.967 bits per heavy atom. The van der Waals surface area contributed by atoms with Gasteiger partial charge in [-0.2, -0.15) is 5.10 Å². The maximum atomic E-state index is 6.51. The Balaban J connectivity index is 1.94. The van der Waals surface area contributed by atoms with Gasteiger partial charge in [-0.3, -0.25) is 0 Å². The Morgan fingerprint density at radius 3 is 2.33 bits per heavy atom. The zero-order valence-corrected chi connectivity index (χ0v) is 18.6. The van der Waals surface area contributed by atoms with Crippen LogP contribution >= 0.6 is 23.2 Å². The zero-order chi connectivity index (χ0) is 21.3. The SMILES string of the molecule is COc1cc(-c2nn(-c3ccc(Cl)cc3Cl)c3c2CCCCN3)cc(OC)c1OC. The number of fused-ring (bicyclic) bond motifs is 1. The molecule has 3 aromatic rings. The average molecular weight is 448 g/mol. The number of rotatable bonds is 5. The van der Waals surface area contributed by atoms with Crippen molar-refractivity contribution >= 4 is 29.0 Å². The van der Waals surface area contributed by atoms with Gasteiger partial charge in [-0.1, -0.05) is 23.2 Å². The molecule has 1 aromatic heterocycles. The van der Waals surface area contributed by atoms with Crippen LogP contribution in [0.25, 0.3) is 16.9 Å². The van der Waals surface area contributed by atoms with Crippen LogP contribution in [0.5, 0.6) is 17.2 Å². The van der Waals surface area contributed by atoms with E-state index in [9.17, 15) is 0 Å². The van der Waals surface area contributed by atoms with Crippen LogP contribution in [-0.2, 0) is 6.42 Å². The number of aromatic nitrogens is 2. The molecule has 0 bridgehead atoms. The number of anilines is 1. The third-order valence-corrected chi connectivity index (χ3v) is 5.74. The van der Waals surface area contributed by atoms with Crippen LogP contribution in [0, 0.1) is 0 Å². The van der Waals surface area contributed by atoms with Crippen molar-refractivity contribution in [2.75, 3.05) is 33.2 Å². The summed E-state index contributed by atoms with van der Waals surface area (Å²) in [7, 11) is 4.80. The van der Waals surface area contributed by atoms with E-state index >= 15 is 0 Å². The Bertz CT molecular complexity index is 1060. The van der Waals surface area contributed by atoms with E-state index in [-0.39, 0.29) is 0 Å². The molecule has 0 unspecified atom stereocenters. The predicted molar refractivity (Wildman–Crippen MR) is 120 cm³/mol. The predicted octanol–water partition coefficient (Wildman–Crippen LogP) is 5.62. The summed E-state index contributed by atoms with van der Waals surface area (Å²) in [5.74, 6) is 2.66. The van der Waals surface area contributed by atoms with Crippen LogP contribution in [-0.4, -0.2) is 37.7 Å². The largest absolute Gasteiger partial charge is 0.493 e. The molecule has 1 aliphatic rings. The first-order valence-electron chi connectivity index (χ1n) is 9.69. The second-order valence-electron chi connectivity index (χ2n) is 6.98. The summed E-state index contributed by atoms with van der Waals surface area (Å²) in [5, 5.41) is 9.59. The molecule has 0 saturated carbocycles. The number of hydrogen-bond donors (Lipinski definition) is 1. The summed E-state index contributed by atoms with van der Waals surface area (Å²) in [5.41, 5.74) is 3.64. The van der Waals surface area contributed by atoms with Crippen LogP contribution in [0.3, 0.4) is 0 Å². The third-order valence-electron chi connectivity index (χ3n) is 5.21. The van der Waals surface area contributed by atoms with E-state index < -0.39 is 0 Å². The standard InChI is InChI=1S/C22H23Cl2N3O3/c1-28-18-10-13(11-19(29-2)21(18)30-3)20-15-6-4-5-9-25-22(15)27(26-20)17-8-7-14(23)12-16(17)24/h7-8,10-12,25H,4-6,9H2,1-3H3. The highest BCUT2D eigenvalue weighted by Crippen LogP contribution is 2.43. The van der Waals surface area contributed by atoms with Crippen LogP contribution in [0.2, 0.25) is 10.0 Å². The fourth-order valence-electron chi connectivity index (χ4n) is 3.78. The molecule has 30 heavy (non-hydrogen) atoms. The average Bonchev–Trinajstić information content (AvgIpc) is 2.93. The number of hydrogen-bond acceptors (Lipinski definition) is 5. The smallest absolute Gasteiger partial charge is 0.203 e. The van der Waals surface area contributed by atoms with Gasteiger partial charge in [0.15, 0.2) is 11.5 Å². The molecule has 0 amide bonds. The molecule has 1 aliphatic heterocycles. The van der Waals surface area contributed by atoms with Gasteiger partial charge in [0.05, 0.1) is 37.7 Å². The van der Waals surface area contributed by atoms with Crippen LogP contribution in [0.15, 0.2) is 30.3 Å². The van der Waals surface area contributed by atoms with Crippen LogP contribution in [0.1, 0.15) is 18.4 Å². The van der Waals surface area contributed by atoms with Crippen molar-refractivity contribution in [1.29, 1.82) is 0 Å². The van der Waals surface area contributed by atoms with E-state index in [1.54, 1.807) is 27.4 Å². The third kappa shape index (κ3) is 3.66. The van der Waals surface area contributed by atoms with Gasteiger partial charge in [-0.25, -0.2) is 4.68 Å². The van der Waals surface area contributed by atoms with Crippen molar-refractivity contribution in [2.45, 2.75) is 19.3 Å². The molecule has 0 aliphatic carbocycles. The molecular weight excluding hydrogens is 425 g/mol. The molecule has 4 rings (SSSR count). The van der Waals surface area contributed by atoms with Gasteiger partial charge in [0.1, 0.15) is 5.82 Å². The summed E-state index contributed by atoms with van der Waals surface area (Å²) in [6, 6.07) is 9.25. The number of halogens is 2. The Kier molecular flexibility index (Phi) is 5.97. The van der Waals surface area contributed by atoms with Crippen molar-refractivity contribution in [3.8, 4) is 34.2 Å². The molecule has 0 saturated heterocycles. The van der Waals surface area contributed by atoms with Gasteiger partial charge >= 0.3 is 0 Å². The van der Waals surface area contributed by atoms with Gasteiger partial charge in [-0.05, 0) is 49.6 Å². The Hall–Kier alpha value is -2.57. The Labute approximate surface area is 185 Å². The first-order chi connectivity index (χ1) is 14.6. The van der Waals surface area contributed by atoms with E-state index in [2.05, 4.69) is 5.32 Å². The first kappa shape index (κ1) is 20.7. The maximum Gasteiger partial charge on any atom is 0.203 e. The molecular formula is C22H23Cl2N3O3. The zero-order valence-electron chi connectivity index (χ0n) is 17.1. The number of benzene rings is 2. The highest BCUT2D eigenvalue weighted by molar-refractivity contribution is 6.35. The first-order valence-corrected chi connectivity index (χ1v) is 10.4. The maximum absolute atomic E-state index is 6.51. The number of nitrogens with one attached hydrogen (secondary N) is 1. The van der Waals surface area contributed by atoms with Gasteiger partial charge in [0.25, 0.3) is 0 Å². The molecule has 2 heterocycles. The van der Waals surface area contributed by atoms with Crippen LogP contribution in [0.4, 0.5) is 5.82 Å². The minimum atomic E-state index is 0.537. The van der Waals surface area contributed by atoms with E-state index in [1.807, 2.05) is 28.9 Å². The molecule has 0 radical (unpaired) electrons. The lowest BCUT2D eigenvalue weighted by Gasteiger charge is -2.14. The van der Waals surface area contributed by atoms with Gasteiger partial charge in [-0.15, -0.1) is 0 Å². The van der Waals surface area contributed by atoms with Crippen molar-refractivity contribution in [3.63, 3.8) is 0 Å². The van der Waals surface area contributed by atoms with Crippen molar-refractivity contribution < 1.29 is 14.2 Å². The lowest BCUT2D eigenvalue weighted by atomic mass is 10.0. The second-order valence-corrected chi connectivity index (χ2v) is 7.82. The molecule has 6 nitrogen and oxygen atoms in total. The van der Waals surface area contributed by atoms with Crippen molar-refractivity contribution in [2.24, 2.45) is 0 Å². The van der Waals surface area contributed by atoms with E-state index in [0.29, 0.717) is 27.3 Å². The lowest BCUT2D eigenvalue weighted by molar-refractivity contribution is 0.324. The van der Waals surface area contributed by atoms with Crippen molar-refractivity contribution in [3.05, 3.63) is 45.9 Å². The molecule has 0 spiro atoms. The van der Waals surface area contributed by atoms with E-state index in [0.717, 1.165) is 54.1 Å². The second kappa shape index (κ2) is 8.66. The van der Waals surface area contributed by atoms with Gasteiger partial charge in [0.2, 0.25) is 5.75 Å². The monoisotopic (exact) mass is 447 g/mol. The topological polar surface area (TPSA) is 57.5 Å². The minimum Gasteiger partial charge on any atom is -0.493 e. The highest BCUT2D eigenvalue weighted by atomic mass is 35.5. The van der Waals surface area contributed by atoms with Gasteiger partial charge < -0.3 is 19.5 Å². The summed E-state index contributed by atoms with van der Waals surface area (Å²) < 4.78 is 18.4. The fraction of sp³-hybridized carbons (Fsp3) is 0.318. The van der Waals surface area contributed by atoms with Crippen LogP contribution < -0.4 is 19.5 Å². The molecule has 0 fully saturated rings. The number of nitrogens with zero attached hydrogens (tertiary/aromatic N) is 2. The van der Waals surface area contributed by atoms with Crippen molar-refractivity contribution in [1.82, 2.24) is 9.78 Å². The summed E-state index contributed by atoms with van der Waals surface area (Å²) in [6.07, 6.45) is 3.05.